The van der Waals surface area contributed by atoms with Crippen LogP contribution in [0.1, 0.15) is 135 Å². The highest BCUT2D eigenvalue weighted by Gasteiger charge is 2.63. The molecule has 2 aliphatic carbocycles. The minimum absolute atomic E-state index is 0.0172. The molecule has 8 aromatic carbocycles. The molecule has 3 nitrogen and oxygen atoms in total. The highest BCUT2D eigenvalue weighted by Crippen LogP contribution is 2.67. The molecule has 0 spiro atoms. The van der Waals surface area contributed by atoms with Crippen molar-refractivity contribution >= 4 is 62.9 Å². The van der Waals surface area contributed by atoms with Gasteiger partial charge >= 0.3 is 0 Å². The lowest BCUT2D eigenvalue weighted by molar-refractivity contribution is 0.195. The summed E-state index contributed by atoms with van der Waals surface area (Å²) in [5.74, 6) is 0. The fraction of sp³-hybridized carbons (Fsp3) is 0.314. The second-order valence-electron chi connectivity index (χ2n) is 26.0. The van der Waals surface area contributed by atoms with Gasteiger partial charge in [0.2, 0.25) is 0 Å². The Kier molecular flexibility index (Phi) is 9.54. The average molecular weight is 964 g/mol. The third-order valence-electron chi connectivity index (χ3n) is 20.1. The van der Waals surface area contributed by atoms with Crippen LogP contribution in [0.5, 0.6) is 0 Å². The molecule has 1 fully saturated rings. The molecule has 4 heterocycles. The predicted molar refractivity (Wildman–Crippen MR) is 315 cm³/mol. The molecule has 4 heteroatoms. The van der Waals surface area contributed by atoms with E-state index in [1.54, 1.807) is 5.56 Å². The molecule has 0 N–H and O–H groups in total. The fourth-order valence-corrected chi connectivity index (χ4v) is 15.6. The Morgan fingerprint density at radius 3 is 1.81 bits per heavy atom. The number of hydrogen-bond acceptors (Lipinski definition) is 3. The summed E-state index contributed by atoms with van der Waals surface area (Å²) in [6, 6.07) is 66.4. The van der Waals surface area contributed by atoms with Gasteiger partial charge in [0, 0.05) is 50.6 Å². The van der Waals surface area contributed by atoms with E-state index in [1.807, 2.05) is 0 Å². The zero-order valence-electron chi connectivity index (χ0n) is 45.3. The zero-order chi connectivity index (χ0) is 50.9. The maximum absolute atomic E-state index is 2.94. The Morgan fingerprint density at radius 1 is 0.432 bits per heavy atom. The van der Waals surface area contributed by atoms with Crippen molar-refractivity contribution in [3.63, 3.8) is 0 Å². The number of anilines is 7. The van der Waals surface area contributed by atoms with E-state index in [2.05, 4.69) is 254 Å². The van der Waals surface area contributed by atoms with Gasteiger partial charge in [-0.15, -0.1) is 0 Å². The van der Waals surface area contributed by atoms with Crippen LogP contribution in [0.4, 0.5) is 39.8 Å². The third kappa shape index (κ3) is 6.03. The number of rotatable bonds is 4. The Morgan fingerprint density at radius 2 is 1.08 bits per heavy atom. The molecule has 6 aliphatic rings. The van der Waals surface area contributed by atoms with Gasteiger partial charge in [-0.1, -0.05) is 202 Å². The van der Waals surface area contributed by atoms with Crippen molar-refractivity contribution in [3.05, 3.63) is 203 Å². The lowest BCUT2D eigenvalue weighted by Gasteiger charge is -2.54. The van der Waals surface area contributed by atoms with E-state index in [1.165, 1.54) is 126 Å². The van der Waals surface area contributed by atoms with E-state index in [-0.39, 0.29) is 39.5 Å². The van der Waals surface area contributed by atoms with E-state index in [4.69, 9.17) is 0 Å². The van der Waals surface area contributed by atoms with Crippen LogP contribution in [0.3, 0.4) is 0 Å². The van der Waals surface area contributed by atoms with Gasteiger partial charge in [-0.05, 0) is 159 Å². The maximum atomic E-state index is 2.94. The second kappa shape index (κ2) is 15.4. The van der Waals surface area contributed by atoms with Crippen LogP contribution in [0.15, 0.2) is 170 Å². The molecule has 74 heavy (non-hydrogen) atoms. The van der Waals surface area contributed by atoms with Crippen molar-refractivity contribution in [1.29, 1.82) is 0 Å². The summed E-state index contributed by atoms with van der Waals surface area (Å²) in [5.41, 5.74) is 26.4. The van der Waals surface area contributed by atoms with Gasteiger partial charge in [0.15, 0.2) is 0 Å². The number of fused-ring (bicyclic) bond motifs is 12. The van der Waals surface area contributed by atoms with Crippen molar-refractivity contribution in [2.75, 3.05) is 14.7 Å². The minimum atomic E-state index is -0.375. The van der Waals surface area contributed by atoms with E-state index < -0.39 is 0 Å². The van der Waals surface area contributed by atoms with Gasteiger partial charge in [-0.2, -0.15) is 0 Å². The standard InChI is InChI=1S/C70H70BN3/c1-65(2,3)50-31-33-59-55(40-50)68(8)37-34-47-26-17-18-29-54(47)70(68,10)73(59)53-43-61-63-62(44-53)74-64-56(67(7)35-19-20-36-69(67,74)9)41-51(66(4,5)6)42-58(64)71(63)57-32-30-49(46-24-15-12-16-25-46)39-60(57)72(61)52-28-21-27-48(38-52)45-22-13-11-14-23-45/h11-18,21-33,38-44H,19-20,34-37H2,1-10H3. The van der Waals surface area contributed by atoms with Gasteiger partial charge in [0.05, 0.1) is 11.1 Å². The zero-order valence-corrected chi connectivity index (χ0v) is 45.3. The van der Waals surface area contributed by atoms with E-state index in [0.717, 1.165) is 19.3 Å². The number of hydrogen-bond donors (Lipinski definition) is 0. The molecular formula is C70H70BN3. The summed E-state index contributed by atoms with van der Waals surface area (Å²) in [7, 11) is 0. The molecule has 4 atom stereocenters. The SMILES string of the molecule is CC(C)(C)c1cc2c3c(c1)C1(C)CCCCC1(C)N3c1cc(N3c4ccc(C(C)(C)C)cc4C4(C)CCc5ccccc5C34C)cc3c1B2c1ccc(-c2ccccc2)cc1N3c1cccc(-c2ccccc2)c1. The molecule has 0 saturated heterocycles. The Hall–Kier alpha value is -6.78. The lowest BCUT2D eigenvalue weighted by Crippen LogP contribution is -2.64. The largest absolute Gasteiger partial charge is 0.335 e. The summed E-state index contributed by atoms with van der Waals surface area (Å²) in [6.07, 6.45) is 6.97. The van der Waals surface area contributed by atoms with E-state index in [0.29, 0.717) is 0 Å². The van der Waals surface area contributed by atoms with Crippen molar-refractivity contribution < 1.29 is 0 Å². The Balaban J connectivity index is 1.13. The van der Waals surface area contributed by atoms with Crippen LogP contribution in [-0.2, 0) is 33.6 Å². The lowest BCUT2D eigenvalue weighted by atomic mass is 9.33. The second-order valence-corrected chi connectivity index (χ2v) is 26.0. The molecule has 368 valence electrons. The molecule has 0 aromatic heterocycles. The highest BCUT2D eigenvalue weighted by atomic mass is 15.3. The molecule has 4 aliphatic heterocycles. The van der Waals surface area contributed by atoms with Crippen molar-refractivity contribution in [3.8, 4) is 22.3 Å². The van der Waals surface area contributed by atoms with Crippen LogP contribution < -0.4 is 31.1 Å². The smallest absolute Gasteiger partial charge is 0.252 e. The molecule has 14 rings (SSSR count). The number of benzene rings is 8. The van der Waals surface area contributed by atoms with Crippen LogP contribution in [-0.4, -0.2) is 12.3 Å². The van der Waals surface area contributed by atoms with Gasteiger partial charge in [0.25, 0.3) is 6.71 Å². The molecule has 0 radical (unpaired) electrons. The van der Waals surface area contributed by atoms with Crippen molar-refractivity contribution in [2.24, 2.45) is 0 Å². The molecule has 8 aromatic rings. The molecular weight excluding hydrogens is 894 g/mol. The Bertz CT molecular complexity index is 3640. The molecule has 1 saturated carbocycles. The Labute approximate surface area is 441 Å². The molecule has 4 unspecified atom stereocenters. The van der Waals surface area contributed by atoms with Gasteiger partial charge in [-0.3, -0.25) is 0 Å². The van der Waals surface area contributed by atoms with Crippen LogP contribution >= 0.6 is 0 Å². The third-order valence-corrected chi connectivity index (χ3v) is 20.1. The van der Waals surface area contributed by atoms with Gasteiger partial charge < -0.3 is 14.7 Å². The quantitative estimate of drug-likeness (QED) is 0.163. The first kappa shape index (κ1) is 45.8. The summed E-state index contributed by atoms with van der Waals surface area (Å²) in [4.78, 5) is 8.46. The van der Waals surface area contributed by atoms with Crippen LogP contribution in [0.2, 0.25) is 0 Å². The number of aryl methyl sites for hydroxylation is 1. The van der Waals surface area contributed by atoms with Gasteiger partial charge in [-0.25, -0.2) is 0 Å². The first-order valence-corrected chi connectivity index (χ1v) is 27.8. The minimum Gasteiger partial charge on any atom is -0.335 e. The fourth-order valence-electron chi connectivity index (χ4n) is 15.6. The predicted octanol–water partition coefficient (Wildman–Crippen LogP) is 16.2. The van der Waals surface area contributed by atoms with Crippen molar-refractivity contribution in [2.45, 2.75) is 141 Å². The van der Waals surface area contributed by atoms with E-state index in [9.17, 15) is 0 Å². The molecule has 0 bridgehead atoms. The summed E-state index contributed by atoms with van der Waals surface area (Å²) in [6.45, 7) is 24.9. The normalized spacial score (nSPS) is 23.9. The first-order valence-electron chi connectivity index (χ1n) is 27.8. The highest BCUT2D eigenvalue weighted by molar-refractivity contribution is 7.00. The first-order chi connectivity index (χ1) is 35.4. The van der Waals surface area contributed by atoms with Crippen molar-refractivity contribution in [1.82, 2.24) is 0 Å². The molecule has 0 amide bonds. The number of nitrogens with zero attached hydrogens (tertiary/aromatic N) is 3. The maximum Gasteiger partial charge on any atom is 0.252 e. The van der Waals surface area contributed by atoms with Crippen LogP contribution in [0.25, 0.3) is 22.3 Å². The summed E-state index contributed by atoms with van der Waals surface area (Å²) >= 11 is 0. The summed E-state index contributed by atoms with van der Waals surface area (Å²) < 4.78 is 0. The van der Waals surface area contributed by atoms with Crippen LogP contribution in [0, 0.1) is 0 Å². The van der Waals surface area contributed by atoms with Gasteiger partial charge in [0.1, 0.15) is 0 Å². The van der Waals surface area contributed by atoms with E-state index >= 15 is 0 Å². The summed E-state index contributed by atoms with van der Waals surface area (Å²) in [5, 5.41) is 0. The monoisotopic (exact) mass is 964 g/mol. The average Bonchev–Trinajstić information content (AvgIpc) is 3.77. The topological polar surface area (TPSA) is 9.72 Å².